The molecule has 0 saturated carbocycles. The minimum absolute atomic E-state index is 0.129. The number of piperidine rings is 1. The lowest BCUT2D eigenvalue weighted by Crippen LogP contribution is -2.34. The first-order valence-corrected chi connectivity index (χ1v) is 6.75. The molecule has 2 heterocycles. The van der Waals surface area contributed by atoms with Gasteiger partial charge in [0.25, 0.3) is 0 Å². The highest BCUT2D eigenvalue weighted by Gasteiger charge is 2.12. The quantitative estimate of drug-likeness (QED) is 0.774. The van der Waals surface area contributed by atoms with E-state index in [1.54, 1.807) is 0 Å². The van der Waals surface area contributed by atoms with Crippen molar-refractivity contribution in [3.8, 4) is 0 Å². The third-order valence-corrected chi connectivity index (χ3v) is 3.77. The van der Waals surface area contributed by atoms with E-state index in [-0.39, 0.29) is 5.69 Å². The fourth-order valence-corrected chi connectivity index (χ4v) is 2.75. The molecule has 1 aromatic carbocycles. The molecule has 0 radical (unpaired) electrons. The third kappa shape index (κ3) is 2.48. The number of nitrogens with one attached hydrogen (secondary N) is 3. The summed E-state index contributed by atoms with van der Waals surface area (Å²) < 4.78 is 0. The minimum atomic E-state index is -0.129. The van der Waals surface area contributed by atoms with Crippen molar-refractivity contribution in [2.45, 2.75) is 38.1 Å². The zero-order valence-electron chi connectivity index (χ0n) is 10.5. The first kappa shape index (κ1) is 11.5. The smallest absolute Gasteiger partial charge is 0.314 e. The van der Waals surface area contributed by atoms with Crippen molar-refractivity contribution in [2.24, 2.45) is 0 Å². The summed E-state index contributed by atoms with van der Waals surface area (Å²) in [6.07, 6.45) is 6.21. The lowest BCUT2D eigenvalue weighted by atomic mass is 9.98. The van der Waals surface area contributed by atoms with Gasteiger partial charge in [0.1, 0.15) is 0 Å². The summed E-state index contributed by atoms with van der Waals surface area (Å²) in [7, 11) is 0. The number of aromatic nitrogens is 2. The Labute approximate surface area is 106 Å². The molecule has 1 aromatic heterocycles. The highest BCUT2D eigenvalue weighted by molar-refractivity contribution is 5.74. The molecule has 1 atom stereocenters. The highest BCUT2D eigenvalue weighted by Crippen LogP contribution is 2.16. The Morgan fingerprint density at radius 2 is 2.06 bits per heavy atom. The molecule has 4 nitrogen and oxygen atoms in total. The fraction of sp³-hybridized carbons (Fsp3) is 0.500. The molecule has 1 fully saturated rings. The SMILES string of the molecule is O=c1[nH]c2ccc(CCC3CCCCN3)cc2[nH]1. The van der Waals surface area contributed by atoms with Gasteiger partial charge in [-0.25, -0.2) is 4.79 Å². The summed E-state index contributed by atoms with van der Waals surface area (Å²) in [6, 6.07) is 6.83. The van der Waals surface area contributed by atoms with E-state index in [9.17, 15) is 4.79 Å². The third-order valence-electron chi connectivity index (χ3n) is 3.77. The van der Waals surface area contributed by atoms with Gasteiger partial charge >= 0.3 is 5.69 Å². The Balaban J connectivity index is 1.68. The predicted molar refractivity (Wildman–Crippen MR) is 72.9 cm³/mol. The normalized spacial score (nSPS) is 20.3. The monoisotopic (exact) mass is 245 g/mol. The Morgan fingerprint density at radius 1 is 1.17 bits per heavy atom. The summed E-state index contributed by atoms with van der Waals surface area (Å²) >= 11 is 0. The molecule has 0 aliphatic carbocycles. The van der Waals surface area contributed by atoms with Gasteiger partial charge in [-0.15, -0.1) is 0 Å². The van der Waals surface area contributed by atoms with Gasteiger partial charge in [0, 0.05) is 6.04 Å². The molecule has 4 heteroatoms. The van der Waals surface area contributed by atoms with Crippen LogP contribution in [0.5, 0.6) is 0 Å². The minimum Gasteiger partial charge on any atom is -0.314 e. The highest BCUT2D eigenvalue weighted by atomic mass is 16.1. The maximum atomic E-state index is 11.2. The summed E-state index contributed by atoms with van der Waals surface area (Å²) in [5.41, 5.74) is 2.97. The van der Waals surface area contributed by atoms with Crippen molar-refractivity contribution in [1.82, 2.24) is 15.3 Å². The van der Waals surface area contributed by atoms with Gasteiger partial charge in [0.15, 0.2) is 0 Å². The zero-order valence-corrected chi connectivity index (χ0v) is 10.5. The van der Waals surface area contributed by atoms with Crippen LogP contribution in [0.4, 0.5) is 0 Å². The van der Waals surface area contributed by atoms with Crippen molar-refractivity contribution in [3.63, 3.8) is 0 Å². The second-order valence-corrected chi connectivity index (χ2v) is 5.14. The molecule has 0 bridgehead atoms. The number of benzene rings is 1. The summed E-state index contributed by atoms with van der Waals surface area (Å²) in [6.45, 7) is 1.16. The average molecular weight is 245 g/mol. The van der Waals surface area contributed by atoms with Gasteiger partial charge in [-0.05, 0) is 49.9 Å². The molecule has 18 heavy (non-hydrogen) atoms. The van der Waals surface area contributed by atoms with E-state index < -0.39 is 0 Å². The van der Waals surface area contributed by atoms with Crippen molar-refractivity contribution >= 4 is 11.0 Å². The molecule has 1 aliphatic rings. The zero-order chi connectivity index (χ0) is 12.4. The van der Waals surface area contributed by atoms with Gasteiger partial charge in [0.2, 0.25) is 0 Å². The van der Waals surface area contributed by atoms with E-state index in [1.165, 1.54) is 31.2 Å². The lowest BCUT2D eigenvalue weighted by Gasteiger charge is -2.23. The van der Waals surface area contributed by atoms with E-state index in [0.29, 0.717) is 6.04 Å². The van der Waals surface area contributed by atoms with Crippen LogP contribution in [-0.4, -0.2) is 22.6 Å². The standard InChI is InChI=1S/C14H19N3O/c18-14-16-12-7-5-10(9-13(12)17-14)4-6-11-3-1-2-8-15-11/h5,7,9,11,15H,1-4,6,8H2,(H2,16,17,18). The van der Waals surface area contributed by atoms with Crippen LogP contribution < -0.4 is 11.0 Å². The Morgan fingerprint density at radius 3 is 2.89 bits per heavy atom. The molecule has 0 amide bonds. The first-order valence-electron chi connectivity index (χ1n) is 6.75. The van der Waals surface area contributed by atoms with Crippen molar-refractivity contribution in [1.29, 1.82) is 0 Å². The number of hydrogen-bond donors (Lipinski definition) is 3. The van der Waals surface area contributed by atoms with Crippen molar-refractivity contribution in [2.75, 3.05) is 6.54 Å². The van der Waals surface area contributed by atoms with Crippen LogP contribution in [0.3, 0.4) is 0 Å². The van der Waals surface area contributed by atoms with Gasteiger partial charge in [-0.1, -0.05) is 12.5 Å². The summed E-state index contributed by atoms with van der Waals surface area (Å²) in [4.78, 5) is 16.8. The maximum absolute atomic E-state index is 11.2. The van der Waals surface area contributed by atoms with Crippen LogP contribution in [0.25, 0.3) is 11.0 Å². The van der Waals surface area contributed by atoms with E-state index in [0.717, 1.165) is 24.0 Å². The topological polar surface area (TPSA) is 60.7 Å². The lowest BCUT2D eigenvalue weighted by molar-refractivity contribution is 0.383. The maximum Gasteiger partial charge on any atom is 0.323 e. The molecule has 3 N–H and O–H groups in total. The van der Waals surface area contributed by atoms with E-state index >= 15 is 0 Å². The molecule has 2 aromatic rings. The van der Waals surface area contributed by atoms with Crippen LogP contribution in [0, 0.1) is 0 Å². The van der Waals surface area contributed by atoms with Gasteiger partial charge in [-0.3, -0.25) is 0 Å². The molecule has 96 valence electrons. The van der Waals surface area contributed by atoms with Crippen LogP contribution in [0.15, 0.2) is 23.0 Å². The Kier molecular flexibility index (Phi) is 3.19. The number of H-pyrrole nitrogens is 2. The summed E-state index contributed by atoms with van der Waals surface area (Å²) in [5, 5.41) is 3.57. The number of aromatic amines is 2. The average Bonchev–Trinajstić information content (AvgIpc) is 2.77. The van der Waals surface area contributed by atoms with Gasteiger partial charge < -0.3 is 15.3 Å². The van der Waals surface area contributed by atoms with Gasteiger partial charge in [-0.2, -0.15) is 0 Å². The summed E-state index contributed by atoms with van der Waals surface area (Å²) in [5.74, 6) is 0. The van der Waals surface area contributed by atoms with Crippen molar-refractivity contribution < 1.29 is 0 Å². The number of hydrogen-bond acceptors (Lipinski definition) is 2. The second kappa shape index (κ2) is 4.98. The Bertz CT molecular complexity index is 578. The van der Waals surface area contributed by atoms with Crippen LogP contribution >= 0.6 is 0 Å². The molecular weight excluding hydrogens is 226 g/mol. The number of imidazole rings is 1. The van der Waals surface area contributed by atoms with Crippen LogP contribution in [0.2, 0.25) is 0 Å². The molecule has 0 spiro atoms. The molecule has 1 unspecified atom stereocenters. The number of fused-ring (bicyclic) bond motifs is 1. The molecular formula is C14H19N3O. The largest absolute Gasteiger partial charge is 0.323 e. The number of rotatable bonds is 3. The molecule has 3 rings (SSSR count). The predicted octanol–water partition coefficient (Wildman–Crippen LogP) is 1.93. The Hall–Kier alpha value is -1.55. The van der Waals surface area contributed by atoms with Crippen LogP contribution in [-0.2, 0) is 6.42 Å². The van der Waals surface area contributed by atoms with E-state index in [1.807, 2.05) is 6.07 Å². The second-order valence-electron chi connectivity index (χ2n) is 5.14. The van der Waals surface area contributed by atoms with E-state index in [2.05, 4.69) is 27.4 Å². The van der Waals surface area contributed by atoms with Gasteiger partial charge in [0.05, 0.1) is 11.0 Å². The van der Waals surface area contributed by atoms with Crippen LogP contribution in [0.1, 0.15) is 31.2 Å². The van der Waals surface area contributed by atoms with Crippen molar-refractivity contribution in [3.05, 3.63) is 34.2 Å². The molecule has 1 aliphatic heterocycles. The fourth-order valence-electron chi connectivity index (χ4n) is 2.75. The number of aryl methyl sites for hydroxylation is 1. The molecule has 1 saturated heterocycles. The first-order chi connectivity index (χ1) is 8.81. The van der Waals surface area contributed by atoms with E-state index in [4.69, 9.17) is 0 Å².